The van der Waals surface area contributed by atoms with Crippen molar-refractivity contribution in [3.05, 3.63) is 58.5 Å². The zero-order valence-electron chi connectivity index (χ0n) is 10.1. The van der Waals surface area contributed by atoms with E-state index in [1.807, 2.05) is 18.2 Å². The highest BCUT2D eigenvalue weighted by Crippen LogP contribution is 2.11. The van der Waals surface area contributed by atoms with Crippen LogP contribution < -0.4 is 5.43 Å². The Bertz CT molecular complexity index is 595. The first-order valence-electron chi connectivity index (χ1n) is 5.49. The first-order chi connectivity index (χ1) is 9.16. The minimum Gasteiger partial charge on any atom is -0.261 e. The molecule has 2 aromatic heterocycles. The van der Waals surface area contributed by atoms with Crippen LogP contribution in [0.5, 0.6) is 0 Å². The largest absolute Gasteiger partial charge is 0.287 e. The molecule has 2 heterocycles. The van der Waals surface area contributed by atoms with Gasteiger partial charge in [0.15, 0.2) is 0 Å². The lowest BCUT2D eigenvalue weighted by Crippen LogP contribution is -2.02. The van der Waals surface area contributed by atoms with E-state index in [0.717, 1.165) is 5.69 Å². The van der Waals surface area contributed by atoms with E-state index in [2.05, 4.69) is 20.5 Å². The van der Waals surface area contributed by atoms with Crippen LogP contribution in [0, 0.1) is 10.1 Å². The molecular weight excluding hydrogens is 246 g/mol. The van der Waals surface area contributed by atoms with E-state index < -0.39 is 4.92 Å². The Hall–Kier alpha value is -2.83. The molecule has 2 rings (SSSR count). The van der Waals surface area contributed by atoms with Crippen LogP contribution in [0.3, 0.4) is 0 Å². The molecule has 0 aliphatic rings. The number of nitro groups is 1. The summed E-state index contributed by atoms with van der Waals surface area (Å²) in [5.41, 5.74) is 4.11. The van der Waals surface area contributed by atoms with Crippen LogP contribution in [0.2, 0.25) is 0 Å². The summed E-state index contributed by atoms with van der Waals surface area (Å²) in [6.45, 7) is 1.81. The number of nitrogens with zero attached hydrogens (tertiary/aromatic N) is 4. The van der Waals surface area contributed by atoms with Gasteiger partial charge in [-0.05, 0) is 25.1 Å². The maximum atomic E-state index is 10.5. The normalized spacial score (nSPS) is 11.1. The van der Waals surface area contributed by atoms with Gasteiger partial charge in [-0.1, -0.05) is 6.07 Å². The van der Waals surface area contributed by atoms with E-state index >= 15 is 0 Å². The molecule has 0 aliphatic heterocycles. The minimum atomic E-state index is -0.501. The quantitative estimate of drug-likeness (QED) is 0.515. The molecule has 0 amide bonds. The smallest absolute Gasteiger partial charge is 0.261 e. The second-order valence-corrected chi connectivity index (χ2v) is 3.68. The summed E-state index contributed by atoms with van der Waals surface area (Å²) < 4.78 is 0. The Morgan fingerprint density at radius 3 is 2.74 bits per heavy atom. The Labute approximate surface area is 109 Å². The summed E-state index contributed by atoms with van der Waals surface area (Å²) in [4.78, 5) is 18.0. The number of aromatic nitrogens is 2. The molecule has 0 radical (unpaired) electrons. The third-order valence-corrected chi connectivity index (χ3v) is 2.33. The summed E-state index contributed by atoms with van der Waals surface area (Å²) in [6, 6.07) is 8.38. The van der Waals surface area contributed by atoms with Gasteiger partial charge in [0.05, 0.1) is 16.3 Å². The maximum Gasteiger partial charge on any atom is 0.287 e. The number of nitrogens with one attached hydrogen (secondary N) is 1. The molecule has 0 fully saturated rings. The number of hydrazone groups is 1. The van der Waals surface area contributed by atoms with Crippen LogP contribution >= 0.6 is 0 Å². The zero-order chi connectivity index (χ0) is 13.7. The van der Waals surface area contributed by atoms with E-state index in [4.69, 9.17) is 0 Å². The van der Waals surface area contributed by atoms with Gasteiger partial charge < -0.3 is 0 Å². The number of pyridine rings is 2. The standard InChI is InChI=1S/C12H11N5O2/c1-9(11-4-2-3-7-13-11)15-16-12-6-5-10(8-14-12)17(18)19/h2-8H,1H3,(H,14,16)/b15-9-. The minimum absolute atomic E-state index is 0.0593. The summed E-state index contributed by atoms with van der Waals surface area (Å²) in [5.74, 6) is 0.431. The van der Waals surface area contributed by atoms with Gasteiger partial charge >= 0.3 is 0 Å². The summed E-state index contributed by atoms with van der Waals surface area (Å²) in [7, 11) is 0. The van der Waals surface area contributed by atoms with E-state index in [-0.39, 0.29) is 5.69 Å². The highest BCUT2D eigenvalue weighted by molar-refractivity contribution is 5.97. The monoisotopic (exact) mass is 257 g/mol. The van der Waals surface area contributed by atoms with Gasteiger partial charge in [-0.2, -0.15) is 5.10 Å². The van der Waals surface area contributed by atoms with Crippen molar-refractivity contribution in [1.29, 1.82) is 0 Å². The van der Waals surface area contributed by atoms with Crippen molar-refractivity contribution in [2.24, 2.45) is 5.10 Å². The molecule has 1 N–H and O–H groups in total. The first kappa shape index (κ1) is 12.6. The van der Waals surface area contributed by atoms with Crippen LogP contribution in [0.25, 0.3) is 0 Å². The fraction of sp³-hybridized carbons (Fsp3) is 0.0833. The van der Waals surface area contributed by atoms with Gasteiger partial charge in [-0.3, -0.25) is 20.5 Å². The highest BCUT2D eigenvalue weighted by Gasteiger charge is 2.04. The molecule has 0 saturated carbocycles. The fourth-order valence-corrected chi connectivity index (χ4v) is 1.34. The Morgan fingerprint density at radius 2 is 2.16 bits per heavy atom. The van der Waals surface area contributed by atoms with Gasteiger partial charge in [-0.25, -0.2) is 4.98 Å². The predicted octanol–water partition coefficient (Wildman–Crippen LogP) is 2.22. The molecule has 2 aromatic rings. The van der Waals surface area contributed by atoms with Gasteiger partial charge in [0.25, 0.3) is 5.69 Å². The SMILES string of the molecule is C/C(=N/Nc1ccc([N+](=O)[O-])cn1)c1ccccn1. The lowest BCUT2D eigenvalue weighted by atomic mass is 10.3. The van der Waals surface area contributed by atoms with Crippen molar-refractivity contribution in [2.75, 3.05) is 5.43 Å². The van der Waals surface area contributed by atoms with Crippen molar-refractivity contribution in [3.8, 4) is 0 Å². The molecular formula is C12H11N5O2. The van der Waals surface area contributed by atoms with Gasteiger partial charge in [-0.15, -0.1) is 0 Å². The molecule has 96 valence electrons. The van der Waals surface area contributed by atoms with E-state index in [1.165, 1.54) is 18.3 Å². The van der Waals surface area contributed by atoms with Crippen molar-refractivity contribution < 1.29 is 4.92 Å². The van der Waals surface area contributed by atoms with Gasteiger partial charge in [0.1, 0.15) is 12.0 Å². The summed E-state index contributed by atoms with van der Waals surface area (Å²) in [5, 5.41) is 14.6. The molecule has 0 unspecified atom stereocenters. The second kappa shape index (κ2) is 5.67. The fourth-order valence-electron chi connectivity index (χ4n) is 1.34. The first-order valence-corrected chi connectivity index (χ1v) is 5.49. The molecule has 0 saturated heterocycles. The number of hydrogen-bond acceptors (Lipinski definition) is 6. The van der Waals surface area contributed by atoms with Crippen molar-refractivity contribution in [1.82, 2.24) is 9.97 Å². The average molecular weight is 257 g/mol. The molecule has 0 aromatic carbocycles. The maximum absolute atomic E-state index is 10.5. The molecule has 7 heteroatoms. The number of anilines is 1. The number of rotatable bonds is 4. The molecule has 7 nitrogen and oxygen atoms in total. The topological polar surface area (TPSA) is 93.3 Å². The Kier molecular flexibility index (Phi) is 3.77. The number of hydrogen-bond donors (Lipinski definition) is 1. The Balaban J connectivity index is 2.08. The summed E-state index contributed by atoms with van der Waals surface area (Å²) >= 11 is 0. The van der Waals surface area contributed by atoms with Gasteiger partial charge in [0, 0.05) is 12.3 Å². The molecule has 0 atom stereocenters. The summed E-state index contributed by atoms with van der Waals surface area (Å²) in [6.07, 6.45) is 2.85. The molecule has 0 bridgehead atoms. The van der Waals surface area contributed by atoms with E-state index in [9.17, 15) is 10.1 Å². The Morgan fingerprint density at radius 1 is 1.32 bits per heavy atom. The van der Waals surface area contributed by atoms with Crippen molar-refractivity contribution in [2.45, 2.75) is 6.92 Å². The highest BCUT2D eigenvalue weighted by atomic mass is 16.6. The third-order valence-electron chi connectivity index (χ3n) is 2.33. The van der Waals surface area contributed by atoms with Crippen LogP contribution in [0.1, 0.15) is 12.6 Å². The predicted molar refractivity (Wildman–Crippen MR) is 71.0 cm³/mol. The van der Waals surface area contributed by atoms with Crippen LogP contribution in [-0.4, -0.2) is 20.6 Å². The van der Waals surface area contributed by atoms with Crippen molar-refractivity contribution >= 4 is 17.2 Å². The van der Waals surface area contributed by atoms with E-state index in [0.29, 0.717) is 11.5 Å². The van der Waals surface area contributed by atoms with Crippen molar-refractivity contribution in [3.63, 3.8) is 0 Å². The van der Waals surface area contributed by atoms with Crippen LogP contribution in [-0.2, 0) is 0 Å². The second-order valence-electron chi connectivity index (χ2n) is 3.68. The third kappa shape index (κ3) is 3.32. The lowest BCUT2D eigenvalue weighted by Gasteiger charge is -2.01. The zero-order valence-corrected chi connectivity index (χ0v) is 10.1. The molecule has 0 aliphatic carbocycles. The van der Waals surface area contributed by atoms with Gasteiger partial charge in [0.2, 0.25) is 0 Å². The average Bonchev–Trinajstić information content (AvgIpc) is 2.46. The lowest BCUT2D eigenvalue weighted by molar-refractivity contribution is -0.385. The van der Waals surface area contributed by atoms with Crippen LogP contribution in [0.4, 0.5) is 11.5 Å². The van der Waals surface area contributed by atoms with Crippen LogP contribution in [0.15, 0.2) is 47.8 Å². The molecule has 19 heavy (non-hydrogen) atoms. The van der Waals surface area contributed by atoms with E-state index in [1.54, 1.807) is 13.1 Å². The molecule has 0 spiro atoms.